The average molecular weight is 375 g/mol. The first kappa shape index (κ1) is 17.3. The first-order chi connectivity index (χ1) is 13.6. The summed E-state index contributed by atoms with van der Waals surface area (Å²) in [6.45, 7) is 0.822. The van der Waals surface area contributed by atoms with Crippen LogP contribution in [0.2, 0.25) is 0 Å². The van der Waals surface area contributed by atoms with Gasteiger partial charge in [0.2, 0.25) is 11.8 Å². The van der Waals surface area contributed by atoms with E-state index in [1.165, 1.54) is 5.69 Å². The number of hydrogen-bond acceptors (Lipinski definition) is 4. The first-order valence-corrected chi connectivity index (χ1v) is 10.1. The van der Waals surface area contributed by atoms with Crippen LogP contribution in [0.1, 0.15) is 37.6 Å². The van der Waals surface area contributed by atoms with Gasteiger partial charge in [0.1, 0.15) is 11.6 Å². The SMILES string of the molecule is CN(C)c1ccc(-c2ccc3oc(C4CCCN4C(=O)C4CC4)nc3c2)cc1. The van der Waals surface area contributed by atoms with Crippen molar-refractivity contribution in [3.05, 3.63) is 48.4 Å². The molecular weight excluding hydrogens is 350 g/mol. The molecule has 2 aliphatic rings. The Morgan fingerprint density at radius 3 is 2.54 bits per heavy atom. The highest BCUT2D eigenvalue weighted by Gasteiger charge is 2.40. The predicted octanol–water partition coefficient (Wildman–Crippen LogP) is 4.63. The van der Waals surface area contributed by atoms with Gasteiger partial charge in [-0.05, 0) is 61.1 Å². The van der Waals surface area contributed by atoms with E-state index >= 15 is 0 Å². The second-order valence-electron chi connectivity index (χ2n) is 8.14. The van der Waals surface area contributed by atoms with Crippen LogP contribution < -0.4 is 4.90 Å². The zero-order valence-electron chi connectivity index (χ0n) is 16.4. The Kier molecular flexibility index (Phi) is 4.11. The molecule has 5 rings (SSSR count). The number of oxazole rings is 1. The van der Waals surface area contributed by atoms with Crippen molar-refractivity contribution in [2.24, 2.45) is 5.92 Å². The van der Waals surface area contributed by atoms with Gasteiger partial charge >= 0.3 is 0 Å². The molecule has 0 radical (unpaired) electrons. The maximum Gasteiger partial charge on any atom is 0.226 e. The average Bonchev–Trinajstić information content (AvgIpc) is 3.29. The Morgan fingerprint density at radius 1 is 1.07 bits per heavy atom. The van der Waals surface area contributed by atoms with E-state index in [-0.39, 0.29) is 17.9 Å². The fourth-order valence-electron chi connectivity index (χ4n) is 4.07. The van der Waals surface area contributed by atoms with Gasteiger partial charge in [0.15, 0.2) is 5.58 Å². The summed E-state index contributed by atoms with van der Waals surface area (Å²) < 4.78 is 6.06. The maximum atomic E-state index is 12.6. The lowest BCUT2D eigenvalue weighted by atomic mass is 10.0. The molecule has 1 aliphatic heterocycles. The van der Waals surface area contributed by atoms with Gasteiger partial charge in [-0.2, -0.15) is 0 Å². The summed E-state index contributed by atoms with van der Waals surface area (Å²) >= 11 is 0. The van der Waals surface area contributed by atoms with Gasteiger partial charge in [-0.3, -0.25) is 4.79 Å². The molecule has 144 valence electrons. The Bertz CT molecular complexity index is 1020. The van der Waals surface area contributed by atoms with Crippen molar-refractivity contribution in [3.8, 4) is 11.1 Å². The molecule has 2 fully saturated rings. The van der Waals surface area contributed by atoms with Crippen LogP contribution in [-0.4, -0.2) is 36.4 Å². The van der Waals surface area contributed by atoms with Gasteiger partial charge in [-0.25, -0.2) is 4.98 Å². The van der Waals surface area contributed by atoms with Gasteiger partial charge in [0.05, 0.1) is 0 Å². The molecule has 0 bridgehead atoms. The number of hydrogen-bond donors (Lipinski definition) is 0. The second kappa shape index (κ2) is 6.66. The van der Waals surface area contributed by atoms with Crippen LogP contribution in [0.4, 0.5) is 5.69 Å². The fourth-order valence-corrected chi connectivity index (χ4v) is 4.07. The zero-order chi connectivity index (χ0) is 19.3. The third-order valence-corrected chi connectivity index (χ3v) is 5.87. The molecule has 0 spiro atoms. The Balaban J connectivity index is 1.44. The number of amides is 1. The van der Waals surface area contributed by atoms with E-state index in [1.807, 2.05) is 25.1 Å². The normalized spacial score (nSPS) is 19.4. The molecule has 3 aromatic rings. The van der Waals surface area contributed by atoms with Crippen molar-refractivity contribution in [1.29, 1.82) is 0 Å². The molecule has 1 saturated heterocycles. The highest BCUT2D eigenvalue weighted by atomic mass is 16.3. The molecule has 0 N–H and O–H groups in total. The largest absolute Gasteiger partial charge is 0.438 e. The van der Waals surface area contributed by atoms with E-state index in [9.17, 15) is 4.79 Å². The predicted molar refractivity (Wildman–Crippen MR) is 110 cm³/mol. The number of likely N-dealkylation sites (tertiary alicyclic amines) is 1. The first-order valence-electron chi connectivity index (χ1n) is 10.1. The molecule has 2 heterocycles. The molecule has 5 heteroatoms. The van der Waals surface area contributed by atoms with Crippen LogP contribution in [0.5, 0.6) is 0 Å². The van der Waals surface area contributed by atoms with Gasteiger partial charge in [-0.1, -0.05) is 18.2 Å². The zero-order valence-corrected chi connectivity index (χ0v) is 16.4. The number of fused-ring (bicyclic) bond motifs is 1. The Labute approximate surface area is 165 Å². The van der Waals surface area contributed by atoms with Crippen LogP contribution in [0.15, 0.2) is 46.9 Å². The van der Waals surface area contributed by atoms with Crippen molar-refractivity contribution in [2.75, 3.05) is 25.5 Å². The van der Waals surface area contributed by atoms with Crippen molar-refractivity contribution >= 4 is 22.7 Å². The van der Waals surface area contributed by atoms with Crippen LogP contribution in [-0.2, 0) is 4.79 Å². The van der Waals surface area contributed by atoms with Crippen molar-refractivity contribution in [1.82, 2.24) is 9.88 Å². The number of rotatable bonds is 4. The van der Waals surface area contributed by atoms with E-state index in [1.54, 1.807) is 0 Å². The molecule has 1 atom stereocenters. The fraction of sp³-hybridized carbons (Fsp3) is 0.391. The third-order valence-electron chi connectivity index (χ3n) is 5.87. The lowest BCUT2D eigenvalue weighted by Gasteiger charge is -2.22. The second-order valence-corrected chi connectivity index (χ2v) is 8.14. The third kappa shape index (κ3) is 3.05. The molecule has 28 heavy (non-hydrogen) atoms. The number of carbonyl (C=O) groups is 1. The molecule has 1 saturated carbocycles. The number of anilines is 1. The summed E-state index contributed by atoms with van der Waals surface area (Å²) in [4.78, 5) is 21.4. The maximum absolute atomic E-state index is 12.6. The summed E-state index contributed by atoms with van der Waals surface area (Å²) in [7, 11) is 4.08. The lowest BCUT2D eigenvalue weighted by Crippen LogP contribution is -2.31. The van der Waals surface area contributed by atoms with Crippen LogP contribution in [0, 0.1) is 5.92 Å². The number of carbonyl (C=O) groups excluding carboxylic acids is 1. The van der Waals surface area contributed by atoms with Crippen LogP contribution in [0.3, 0.4) is 0 Å². The smallest absolute Gasteiger partial charge is 0.226 e. The van der Waals surface area contributed by atoms with Crippen molar-refractivity contribution in [3.63, 3.8) is 0 Å². The highest BCUT2D eigenvalue weighted by Crippen LogP contribution is 2.39. The molecule has 1 aromatic heterocycles. The minimum absolute atomic E-state index is 0.0108. The molecule has 1 amide bonds. The molecule has 1 aliphatic carbocycles. The topological polar surface area (TPSA) is 49.6 Å². The summed E-state index contributed by atoms with van der Waals surface area (Å²) in [5.74, 6) is 1.20. The number of nitrogens with zero attached hydrogens (tertiary/aromatic N) is 3. The van der Waals surface area contributed by atoms with E-state index in [0.29, 0.717) is 5.89 Å². The summed E-state index contributed by atoms with van der Waals surface area (Å²) in [5.41, 5.74) is 5.10. The Hall–Kier alpha value is -2.82. The van der Waals surface area contributed by atoms with Gasteiger partial charge < -0.3 is 14.2 Å². The minimum Gasteiger partial charge on any atom is -0.438 e. The standard InChI is InChI=1S/C23H25N3O2/c1-25(2)18-10-7-15(8-11-18)17-9-12-21-19(14-17)24-22(28-21)20-4-3-13-26(20)23(27)16-5-6-16/h7-12,14,16,20H,3-6,13H2,1-2H3. The minimum atomic E-state index is -0.0108. The van der Waals surface area contributed by atoms with Crippen LogP contribution in [0.25, 0.3) is 22.2 Å². The van der Waals surface area contributed by atoms with Gasteiger partial charge in [-0.15, -0.1) is 0 Å². The van der Waals surface area contributed by atoms with Gasteiger partial charge in [0.25, 0.3) is 0 Å². The molecular formula is C23H25N3O2. The quantitative estimate of drug-likeness (QED) is 0.667. The molecule has 2 aromatic carbocycles. The van der Waals surface area contributed by atoms with Gasteiger partial charge in [0, 0.05) is 32.2 Å². The van der Waals surface area contributed by atoms with Crippen molar-refractivity contribution in [2.45, 2.75) is 31.7 Å². The van der Waals surface area contributed by atoms with Crippen molar-refractivity contribution < 1.29 is 9.21 Å². The lowest BCUT2D eigenvalue weighted by molar-refractivity contribution is -0.133. The van der Waals surface area contributed by atoms with Crippen LogP contribution >= 0.6 is 0 Å². The highest BCUT2D eigenvalue weighted by molar-refractivity contribution is 5.83. The van der Waals surface area contributed by atoms with E-state index < -0.39 is 0 Å². The Morgan fingerprint density at radius 2 is 1.82 bits per heavy atom. The number of aromatic nitrogens is 1. The van der Waals surface area contributed by atoms with E-state index in [4.69, 9.17) is 9.40 Å². The summed E-state index contributed by atoms with van der Waals surface area (Å²) in [5, 5.41) is 0. The molecule has 1 unspecified atom stereocenters. The van der Waals surface area contributed by atoms with E-state index in [0.717, 1.165) is 54.5 Å². The molecule has 5 nitrogen and oxygen atoms in total. The number of benzene rings is 2. The van der Waals surface area contributed by atoms with E-state index in [2.05, 4.69) is 41.3 Å². The summed E-state index contributed by atoms with van der Waals surface area (Å²) in [6.07, 6.45) is 4.02. The summed E-state index contributed by atoms with van der Waals surface area (Å²) in [6, 6.07) is 14.6. The monoisotopic (exact) mass is 375 g/mol.